The first-order valence-corrected chi connectivity index (χ1v) is 5.33. The Morgan fingerprint density at radius 2 is 2.36 bits per heavy atom. The molecule has 0 bridgehead atoms. The second kappa shape index (κ2) is 5.93. The Labute approximate surface area is 89.3 Å². The van der Waals surface area contributed by atoms with Crippen molar-refractivity contribution in [2.24, 2.45) is 0 Å². The van der Waals surface area contributed by atoms with Crippen LogP contribution in [0.15, 0.2) is 0 Å². The molecular formula is C9H17N3OS. The monoisotopic (exact) mass is 215 g/mol. The van der Waals surface area contributed by atoms with Crippen molar-refractivity contribution in [1.29, 1.82) is 0 Å². The SMILES string of the molecule is CCCCc1n[nH]c(=S)n1CCOC. The number of rotatable bonds is 6. The van der Waals surface area contributed by atoms with E-state index in [2.05, 4.69) is 17.1 Å². The number of aromatic nitrogens is 3. The number of nitrogens with zero attached hydrogens (tertiary/aromatic N) is 2. The summed E-state index contributed by atoms with van der Waals surface area (Å²) in [6.07, 6.45) is 3.30. The summed E-state index contributed by atoms with van der Waals surface area (Å²) in [5.41, 5.74) is 0. The number of hydrogen-bond donors (Lipinski definition) is 1. The molecule has 1 heterocycles. The second-order valence-electron chi connectivity index (χ2n) is 3.19. The minimum Gasteiger partial charge on any atom is -0.383 e. The number of hydrogen-bond acceptors (Lipinski definition) is 3. The Hall–Kier alpha value is -0.680. The lowest BCUT2D eigenvalue weighted by molar-refractivity contribution is 0.186. The van der Waals surface area contributed by atoms with E-state index in [0.717, 1.165) is 25.2 Å². The van der Waals surface area contributed by atoms with Crippen molar-refractivity contribution in [3.63, 3.8) is 0 Å². The molecule has 0 fully saturated rings. The lowest BCUT2D eigenvalue weighted by Crippen LogP contribution is -2.08. The van der Waals surface area contributed by atoms with Crippen LogP contribution in [0.4, 0.5) is 0 Å². The van der Waals surface area contributed by atoms with Crippen molar-refractivity contribution >= 4 is 12.2 Å². The molecule has 1 aromatic heterocycles. The molecule has 14 heavy (non-hydrogen) atoms. The maximum Gasteiger partial charge on any atom is 0.195 e. The molecule has 0 aliphatic heterocycles. The van der Waals surface area contributed by atoms with Crippen LogP contribution in [0.3, 0.4) is 0 Å². The van der Waals surface area contributed by atoms with Crippen molar-refractivity contribution in [2.75, 3.05) is 13.7 Å². The molecule has 0 unspecified atom stereocenters. The van der Waals surface area contributed by atoms with Crippen molar-refractivity contribution in [3.8, 4) is 0 Å². The van der Waals surface area contributed by atoms with Crippen LogP contribution in [0.1, 0.15) is 25.6 Å². The van der Waals surface area contributed by atoms with E-state index in [9.17, 15) is 0 Å². The van der Waals surface area contributed by atoms with E-state index in [0.29, 0.717) is 11.4 Å². The molecule has 0 aliphatic carbocycles. The third kappa shape index (κ3) is 2.92. The highest BCUT2D eigenvalue weighted by Crippen LogP contribution is 2.03. The molecule has 0 aliphatic rings. The normalized spacial score (nSPS) is 10.7. The number of methoxy groups -OCH3 is 1. The predicted molar refractivity (Wildman–Crippen MR) is 57.9 cm³/mol. The van der Waals surface area contributed by atoms with Crippen LogP contribution in [0.2, 0.25) is 0 Å². The van der Waals surface area contributed by atoms with Gasteiger partial charge in [0.25, 0.3) is 0 Å². The fourth-order valence-corrected chi connectivity index (χ4v) is 1.53. The maximum absolute atomic E-state index is 5.13. The Bertz CT molecular complexity index is 318. The van der Waals surface area contributed by atoms with Gasteiger partial charge in [-0.3, -0.25) is 5.10 Å². The van der Waals surface area contributed by atoms with Crippen molar-refractivity contribution < 1.29 is 4.74 Å². The smallest absolute Gasteiger partial charge is 0.195 e. The van der Waals surface area contributed by atoms with Gasteiger partial charge in [-0.05, 0) is 18.6 Å². The average Bonchev–Trinajstić information content (AvgIpc) is 2.53. The van der Waals surface area contributed by atoms with Crippen molar-refractivity contribution in [3.05, 3.63) is 10.6 Å². The molecule has 0 amide bonds. The molecule has 0 saturated carbocycles. The summed E-state index contributed by atoms with van der Waals surface area (Å²) in [5, 5.41) is 7.01. The molecule has 1 aromatic rings. The van der Waals surface area contributed by atoms with E-state index >= 15 is 0 Å². The van der Waals surface area contributed by atoms with Gasteiger partial charge in [0.2, 0.25) is 0 Å². The van der Waals surface area contributed by atoms with Gasteiger partial charge in [0.1, 0.15) is 5.82 Å². The first-order valence-electron chi connectivity index (χ1n) is 4.92. The topological polar surface area (TPSA) is 42.8 Å². The van der Waals surface area contributed by atoms with E-state index < -0.39 is 0 Å². The molecule has 0 radical (unpaired) electrons. The van der Waals surface area contributed by atoms with Crippen molar-refractivity contribution in [1.82, 2.24) is 14.8 Å². The number of aromatic amines is 1. The summed E-state index contributed by atoms with van der Waals surface area (Å²) in [4.78, 5) is 0. The third-order valence-corrected chi connectivity index (χ3v) is 2.42. The van der Waals surface area contributed by atoms with Crippen molar-refractivity contribution in [2.45, 2.75) is 32.7 Å². The Morgan fingerprint density at radius 3 is 3.00 bits per heavy atom. The number of H-pyrrole nitrogens is 1. The van der Waals surface area contributed by atoms with Gasteiger partial charge < -0.3 is 9.30 Å². The van der Waals surface area contributed by atoms with Gasteiger partial charge in [0.05, 0.1) is 6.61 Å². The average molecular weight is 215 g/mol. The minimum absolute atomic E-state index is 0.674. The molecule has 0 spiro atoms. The van der Waals surface area contributed by atoms with Gasteiger partial charge in [-0.15, -0.1) is 0 Å². The molecule has 0 atom stereocenters. The lowest BCUT2D eigenvalue weighted by Gasteiger charge is -2.04. The standard InChI is InChI=1S/C9H17N3OS/c1-3-4-5-8-10-11-9(14)12(8)6-7-13-2/h3-7H2,1-2H3,(H,11,14). The van der Waals surface area contributed by atoms with Gasteiger partial charge in [-0.2, -0.15) is 5.10 Å². The zero-order valence-corrected chi connectivity index (χ0v) is 9.56. The minimum atomic E-state index is 0.674. The highest BCUT2D eigenvalue weighted by atomic mass is 32.1. The van der Waals surface area contributed by atoms with Crippen LogP contribution in [-0.4, -0.2) is 28.5 Å². The highest BCUT2D eigenvalue weighted by Gasteiger charge is 2.04. The van der Waals surface area contributed by atoms with Crippen LogP contribution < -0.4 is 0 Å². The summed E-state index contributed by atoms with van der Waals surface area (Å²) in [5.74, 6) is 1.04. The molecular weight excluding hydrogens is 198 g/mol. The van der Waals surface area contributed by atoms with Gasteiger partial charge in [0, 0.05) is 20.1 Å². The fraction of sp³-hybridized carbons (Fsp3) is 0.778. The van der Waals surface area contributed by atoms with E-state index in [4.69, 9.17) is 17.0 Å². The highest BCUT2D eigenvalue weighted by molar-refractivity contribution is 7.71. The number of unbranched alkanes of at least 4 members (excludes halogenated alkanes) is 1. The Morgan fingerprint density at radius 1 is 1.57 bits per heavy atom. The van der Waals surface area contributed by atoms with E-state index in [-0.39, 0.29) is 0 Å². The molecule has 80 valence electrons. The summed E-state index contributed by atoms with van der Waals surface area (Å²) < 4.78 is 7.72. The second-order valence-corrected chi connectivity index (χ2v) is 3.58. The Kier molecular flexibility index (Phi) is 4.82. The van der Waals surface area contributed by atoms with Crippen LogP contribution in [0.25, 0.3) is 0 Å². The fourth-order valence-electron chi connectivity index (χ4n) is 1.29. The van der Waals surface area contributed by atoms with E-state index in [1.807, 2.05) is 4.57 Å². The molecule has 5 heteroatoms. The summed E-state index contributed by atoms with van der Waals surface area (Å²) >= 11 is 5.13. The van der Waals surface area contributed by atoms with E-state index in [1.165, 1.54) is 6.42 Å². The molecule has 0 aromatic carbocycles. The van der Waals surface area contributed by atoms with E-state index in [1.54, 1.807) is 7.11 Å². The largest absolute Gasteiger partial charge is 0.383 e. The lowest BCUT2D eigenvalue weighted by atomic mass is 10.2. The van der Waals surface area contributed by atoms with Crippen LogP contribution in [0, 0.1) is 4.77 Å². The van der Waals surface area contributed by atoms with Crippen LogP contribution in [0.5, 0.6) is 0 Å². The predicted octanol–water partition coefficient (Wildman–Crippen LogP) is 1.93. The number of nitrogens with one attached hydrogen (secondary N) is 1. The first-order chi connectivity index (χ1) is 6.79. The zero-order chi connectivity index (χ0) is 10.4. The summed E-state index contributed by atoms with van der Waals surface area (Å²) in [7, 11) is 1.69. The maximum atomic E-state index is 5.13. The van der Waals surface area contributed by atoms with Crippen LogP contribution >= 0.6 is 12.2 Å². The molecule has 4 nitrogen and oxygen atoms in total. The molecule has 1 rings (SSSR count). The summed E-state index contributed by atoms with van der Waals surface area (Å²) in [6, 6.07) is 0. The van der Waals surface area contributed by atoms with Gasteiger partial charge >= 0.3 is 0 Å². The third-order valence-electron chi connectivity index (χ3n) is 2.11. The first kappa shape index (κ1) is 11.4. The molecule has 0 saturated heterocycles. The summed E-state index contributed by atoms with van der Waals surface area (Å²) in [6.45, 7) is 3.62. The quantitative estimate of drug-likeness (QED) is 0.737. The van der Waals surface area contributed by atoms with Gasteiger partial charge in [-0.25, -0.2) is 0 Å². The number of aryl methyl sites for hydroxylation is 1. The molecule has 1 N–H and O–H groups in total. The zero-order valence-electron chi connectivity index (χ0n) is 8.75. The Balaban J connectivity index is 2.67. The number of ether oxygens (including phenoxy) is 1. The van der Waals surface area contributed by atoms with Gasteiger partial charge in [0.15, 0.2) is 4.77 Å². The van der Waals surface area contributed by atoms with Crippen LogP contribution in [-0.2, 0) is 17.7 Å². The van der Waals surface area contributed by atoms with Gasteiger partial charge in [-0.1, -0.05) is 13.3 Å².